The second-order valence-corrected chi connectivity index (χ2v) is 5.22. The number of amides is 1. The van der Waals surface area contributed by atoms with Crippen LogP contribution in [0.1, 0.15) is 18.4 Å². The Kier molecular flexibility index (Phi) is 4.61. The van der Waals surface area contributed by atoms with Gasteiger partial charge in [-0.1, -0.05) is 23.7 Å². The molecular formula is C14H19ClN2O. The standard InChI is InChI=1S/C14H19ClN2O/c1-17(14(18)13-3-2-9-16-13)10-8-11-4-6-12(15)7-5-11/h4-7,13,16H,2-3,8-10H2,1H3. The maximum atomic E-state index is 12.1. The molecule has 0 radical (unpaired) electrons. The first-order valence-corrected chi connectivity index (χ1v) is 6.77. The van der Waals surface area contributed by atoms with Crippen LogP contribution in [0.2, 0.25) is 5.02 Å². The van der Waals surface area contributed by atoms with Gasteiger partial charge in [0.2, 0.25) is 5.91 Å². The van der Waals surface area contributed by atoms with Crippen LogP contribution >= 0.6 is 11.6 Å². The second kappa shape index (κ2) is 6.21. The summed E-state index contributed by atoms with van der Waals surface area (Å²) in [4.78, 5) is 13.9. The summed E-state index contributed by atoms with van der Waals surface area (Å²) in [6.07, 6.45) is 2.93. The maximum absolute atomic E-state index is 12.1. The van der Waals surface area contributed by atoms with Crippen molar-refractivity contribution in [3.63, 3.8) is 0 Å². The van der Waals surface area contributed by atoms with Crippen LogP contribution in [-0.2, 0) is 11.2 Å². The molecule has 18 heavy (non-hydrogen) atoms. The van der Waals surface area contributed by atoms with Crippen molar-refractivity contribution in [1.82, 2.24) is 10.2 Å². The van der Waals surface area contributed by atoms with Crippen LogP contribution in [0.5, 0.6) is 0 Å². The molecule has 0 aliphatic carbocycles. The lowest BCUT2D eigenvalue weighted by Crippen LogP contribution is -2.42. The van der Waals surface area contributed by atoms with Gasteiger partial charge in [0.1, 0.15) is 0 Å². The normalized spacial score (nSPS) is 18.9. The first-order chi connectivity index (χ1) is 8.66. The lowest BCUT2D eigenvalue weighted by atomic mass is 10.1. The van der Waals surface area contributed by atoms with Crippen LogP contribution in [0.3, 0.4) is 0 Å². The zero-order valence-corrected chi connectivity index (χ0v) is 11.4. The molecular weight excluding hydrogens is 248 g/mol. The SMILES string of the molecule is CN(CCc1ccc(Cl)cc1)C(=O)C1CCCN1. The minimum Gasteiger partial charge on any atom is -0.344 e. The summed E-state index contributed by atoms with van der Waals surface area (Å²) < 4.78 is 0. The molecule has 1 amide bonds. The maximum Gasteiger partial charge on any atom is 0.239 e. The van der Waals surface area contributed by atoms with Crippen molar-refractivity contribution in [3.8, 4) is 0 Å². The monoisotopic (exact) mass is 266 g/mol. The van der Waals surface area contributed by atoms with Crippen molar-refractivity contribution >= 4 is 17.5 Å². The van der Waals surface area contributed by atoms with E-state index in [-0.39, 0.29) is 11.9 Å². The molecule has 1 aliphatic heterocycles. The third-order valence-electron chi connectivity index (χ3n) is 3.38. The van der Waals surface area contributed by atoms with E-state index in [0.717, 1.165) is 37.4 Å². The van der Waals surface area contributed by atoms with Gasteiger partial charge in [-0.3, -0.25) is 4.79 Å². The van der Waals surface area contributed by atoms with Crippen molar-refractivity contribution in [2.45, 2.75) is 25.3 Å². The number of hydrogen-bond acceptors (Lipinski definition) is 2. The van der Waals surface area contributed by atoms with Gasteiger partial charge in [0, 0.05) is 18.6 Å². The fraction of sp³-hybridized carbons (Fsp3) is 0.500. The Hall–Kier alpha value is -1.06. The number of nitrogens with one attached hydrogen (secondary N) is 1. The molecule has 1 aromatic carbocycles. The van der Waals surface area contributed by atoms with E-state index in [1.807, 2.05) is 36.2 Å². The van der Waals surface area contributed by atoms with Crippen LogP contribution in [0.4, 0.5) is 0 Å². The molecule has 1 heterocycles. The molecule has 2 rings (SSSR count). The molecule has 0 spiro atoms. The first kappa shape index (κ1) is 13.4. The molecule has 1 N–H and O–H groups in total. The number of nitrogens with zero attached hydrogens (tertiary/aromatic N) is 1. The Morgan fingerprint density at radius 2 is 2.17 bits per heavy atom. The highest BCUT2D eigenvalue weighted by Gasteiger charge is 2.24. The summed E-state index contributed by atoms with van der Waals surface area (Å²) >= 11 is 5.84. The Morgan fingerprint density at radius 1 is 1.44 bits per heavy atom. The van der Waals surface area contributed by atoms with E-state index in [9.17, 15) is 4.79 Å². The highest BCUT2D eigenvalue weighted by atomic mass is 35.5. The number of carbonyl (C=O) groups is 1. The Balaban J connectivity index is 1.82. The molecule has 1 fully saturated rings. The summed E-state index contributed by atoms with van der Waals surface area (Å²) in [6.45, 7) is 1.71. The largest absolute Gasteiger partial charge is 0.344 e. The Labute approximate surface area is 113 Å². The van der Waals surface area contributed by atoms with Gasteiger partial charge < -0.3 is 10.2 Å². The molecule has 1 saturated heterocycles. The number of hydrogen-bond donors (Lipinski definition) is 1. The van der Waals surface area contributed by atoms with Gasteiger partial charge in [0.05, 0.1) is 6.04 Å². The van der Waals surface area contributed by atoms with Gasteiger partial charge in [0.15, 0.2) is 0 Å². The highest BCUT2D eigenvalue weighted by Crippen LogP contribution is 2.11. The summed E-state index contributed by atoms with van der Waals surface area (Å²) in [5, 5.41) is 3.98. The molecule has 98 valence electrons. The number of halogens is 1. The quantitative estimate of drug-likeness (QED) is 0.905. The van der Waals surface area contributed by atoms with Crippen LogP contribution in [0, 0.1) is 0 Å². The van der Waals surface area contributed by atoms with E-state index < -0.39 is 0 Å². The lowest BCUT2D eigenvalue weighted by Gasteiger charge is -2.21. The van der Waals surface area contributed by atoms with E-state index in [4.69, 9.17) is 11.6 Å². The number of likely N-dealkylation sites (N-methyl/N-ethyl adjacent to an activating group) is 1. The zero-order chi connectivity index (χ0) is 13.0. The van der Waals surface area contributed by atoms with Crippen LogP contribution in [0.15, 0.2) is 24.3 Å². The average molecular weight is 267 g/mol. The van der Waals surface area contributed by atoms with Crippen molar-refractivity contribution < 1.29 is 4.79 Å². The summed E-state index contributed by atoms with van der Waals surface area (Å²) in [5.74, 6) is 0.210. The number of rotatable bonds is 4. The van der Waals surface area contributed by atoms with Gasteiger partial charge in [0.25, 0.3) is 0 Å². The molecule has 0 aromatic heterocycles. The topological polar surface area (TPSA) is 32.3 Å². The van der Waals surface area contributed by atoms with Crippen molar-refractivity contribution in [2.75, 3.05) is 20.1 Å². The smallest absolute Gasteiger partial charge is 0.239 e. The fourth-order valence-electron chi connectivity index (χ4n) is 2.22. The summed E-state index contributed by atoms with van der Waals surface area (Å²) in [5.41, 5.74) is 1.21. The highest BCUT2D eigenvalue weighted by molar-refractivity contribution is 6.30. The number of carbonyl (C=O) groups excluding carboxylic acids is 1. The third kappa shape index (κ3) is 3.47. The molecule has 0 bridgehead atoms. The molecule has 0 saturated carbocycles. The van der Waals surface area contributed by atoms with E-state index >= 15 is 0 Å². The van der Waals surface area contributed by atoms with Crippen molar-refractivity contribution in [1.29, 1.82) is 0 Å². The van der Waals surface area contributed by atoms with Crippen molar-refractivity contribution in [3.05, 3.63) is 34.9 Å². The molecule has 1 atom stereocenters. The average Bonchev–Trinajstić information content (AvgIpc) is 2.90. The molecule has 1 aromatic rings. The van der Waals surface area contributed by atoms with E-state index in [2.05, 4.69) is 5.32 Å². The van der Waals surface area contributed by atoms with E-state index in [1.165, 1.54) is 5.56 Å². The Bertz CT molecular complexity index is 399. The zero-order valence-electron chi connectivity index (χ0n) is 10.7. The van der Waals surface area contributed by atoms with Crippen LogP contribution in [-0.4, -0.2) is 37.0 Å². The van der Waals surface area contributed by atoms with Gasteiger partial charge in [-0.2, -0.15) is 0 Å². The third-order valence-corrected chi connectivity index (χ3v) is 3.64. The van der Waals surface area contributed by atoms with E-state index in [0.29, 0.717) is 0 Å². The van der Waals surface area contributed by atoms with E-state index in [1.54, 1.807) is 0 Å². The summed E-state index contributed by atoms with van der Waals surface area (Å²) in [6, 6.07) is 7.82. The Morgan fingerprint density at radius 3 is 2.78 bits per heavy atom. The minimum atomic E-state index is 0.0280. The summed E-state index contributed by atoms with van der Waals surface area (Å²) in [7, 11) is 1.87. The second-order valence-electron chi connectivity index (χ2n) is 4.79. The molecule has 1 unspecified atom stereocenters. The van der Waals surface area contributed by atoms with Gasteiger partial charge in [-0.25, -0.2) is 0 Å². The van der Waals surface area contributed by atoms with Gasteiger partial charge >= 0.3 is 0 Å². The first-order valence-electron chi connectivity index (χ1n) is 6.39. The number of benzene rings is 1. The molecule has 1 aliphatic rings. The predicted octanol–water partition coefficient (Wildman–Crippen LogP) is 2.09. The van der Waals surface area contributed by atoms with Crippen LogP contribution < -0.4 is 5.32 Å². The molecule has 3 nitrogen and oxygen atoms in total. The predicted molar refractivity (Wildman–Crippen MR) is 73.8 cm³/mol. The fourth-order valence-corrected chi connectivity index (χ4v) is 2.35. The lowest BCUT2D eigenvalue weighted by molar-refractivity contribution is -0.131. The van der Waals surface area contributed by atoms with Crippen LogP contribution in [0.25, 0.3) is 0 Å². The van der Waals surface area contributed by atoms with Gasteiger partial charge in [-0.05, 0) is 43.5 Å². The minimum absolute atomic E-state index is 0.0280. The van der Waals surface area contributed by atoms with Gasteiger partial charge in [-0.15, -0.1) is 0 Å². The molecule has 4 heteroatoms. The van der Waals surface area contributed by atoms with Crippen molar-refractivity contribution in [2.24, 2.45) is 0 Å².